The molecule has 0 amide bonds. The lowest BCUT2D eigenvalue weighted by molar-refractivity contribution is -0.148. The summed E-state index contributed by atoms with van der Waals surface area (Å²) in [6.07, 6.45) is 10.1. The van der Waals surface area contributed by atoms with Crippen LogP contribution in [0.4, 0.5) is 0 Å². The Morgan fingerprint density at radius 2 is 2.31 bits per heavy atom. The number of hydrogen-bond donors (Lipinski definition) is 1. The van der Waals surface area contributed by atoms with Gasteiger partial charge in [-0.15, -0.1) is 0 Å². The van der Waals surface area contributed by atoms with Crippen LogP contribution in [0.15, 0.2) is 23.8 Å². The van der Waals surface area contributed by atoms with E-state index in [9.17, 15) is 4.79 Å². The molecule has 16 heavy (non-hydrogen) atoms. The zero-order valence-electron chi connectivity index (χ0n) is 9.58. The molecule has 0 atom stereocenters. The van der Waals surface area contributed by atoms with Gasteiger partial charge in [-0.05, 0) is 44.3 Å². The smallest absolute Gasteiger partial charge is 0.309 e. The van der Waals surface area contributed by atoms with E-state index in [-0.39, 0.29) is 13.3 Å². The van der Waals surface area contributed by atoms with Crippen LogP contribution >= 0.6 is 0 Å². The van der Waals surface area contributed by atoms with Crippen molar-refractivity contribution in [3.8, 4) is 0 Å². The second-order valence-electron chi connectivity index (χ2n) is 4.42. The Hall–Kier alpha value is -1.09. The first kappa shape index (κ1) is 11.4. The standard InChI is InChI=1S/C13H19NO2.H2/c15-13(12-6-8-14-9-7-12)16-10-11-4-2-1-3-5-11;/h1-2,4,12,14H,3,5-10H2;1H. The monoisotopic (exact) mass is 223 g/mol. The van der Waals surface area contributed by atoms with Crippen LogP contribution in [0.25, 0.3) is 0 Å². The van der Waals surface area contributed by atoms with Crippen LogP contribution in [0, 0.1) is 5.92 Å². The SMILES string of the molecule is O=C(OCC1=CC=CCC1)C1CCNCC1.[HH]. The van der Waals surface area contributed by atoms with Gasteiger partial charge in [0.05, 0.1) is 5.92 Å². The van der Waals surface area contributed by atoms with Crippen LogP contribution < -0.4 is 5.32 Å². The van der Waals surface area contributed by atoms with Crippen LogP contribution in [0.2, 0.25) is 0 Å². The molecule has 1 fully saturated rings. The molecule has 0 aromatic rings. The molecule has 3 nitrogen and oxygen atoms in total. The Balaban J connectivity index is 0.00000144. The second-order valence-corrected chi connectivity index (χ2v) is 4.42. The molecule has 0 unspecified atom stereocenters. The van der Waals surface area contributed by atoms with Crippen LogP contribution in [-0.2, 0) is 9.53 Å². The summed E-state index contributed by atoms with van der Waals surface area (Å²) in [4.78, 5) is 11.7. The highest BCUT2D eigenvalue weighted by atomic mass is 16.5. The Morgan fingerprint density at radius 1 is 1.50 bits per heavy atom. The van der Waals surface area contributed by atoms with Crippen molar-refractivity contribution in [2.24, 2.45) is 5.92 Å². The lowest BCUT2D eigenvalue weighted by atomic mass is 9.98. The van der Waals surface area contributed by atoms with E-state index >= 15 is 0 Å². The third-order valence-corrected chi connectivity index (χ3v) is 3.17. The summed E-state index contributed by atoms with van der Waals surface area (Å²) in [6.45, 7) is 2.35. The van der Waals surface area contributed by atoms with Crippen molar-refractivity contribution in [3.05, 3.63) is 23.8 Å². The number of hydrogen-bond acceptors (Lipinski definition) is 3. The van der Waals surface area contributed by atoms with Crippen molar-refractivity contribution in [3.63, 3.8) is 0 Å². The fraction of sp³-hybridized carbons (Fsp3) is 0.615. The summed E-state index contributed by atoms with van der Waals surface area (Å²) in [5, 5.41) is 3.25. The second kappa shape index (κ2) is 5.85. The van der Waals surface area contributed by atoms with Crippen molar-refractivity contribution in [2.75, 3.05) is 19.7 Å². The topological polar surface area (TPSA) is 38.3 Å². The highest BCUT2D eigenvalue weighted by Gasteiger charge is 2.22. The van der Waals surface area contributed by atoms with Gasteiger partial charge in [0.1, 0.15) is 6.61 Å². The van der Waals surface area contributed by atoms with Gasteiger partial charge in [-0.1, -0.05) is 18.2 Å². The predicted octanol–water partition coefficient (Wildman–Crippen LogP) is 2.05. The van der Waals surface area contributed by atoms with Crippen LogP contribution in [0.5, 0.6) is 0 Å². The predicted molar refractivity (Wildman–Crippen MR) is 65.1 cm³/mol. The molecule has 0 bridgehead atoms. The third kappa shape index (κ3) is 3.20. The van der Waals surface area contributed by atoms with Gasteiger partial charge in [0.2, 0.25) is 0 Å². The number of allylic oxidation sites excluding steroid dienone is 3. The molecule has 0 saturated carbocycles. The molecule has 0 aromatic heterocycles. The summed E-state index contributed by atoms with van der Waals surface area (Å²) in [5.41, 5.74) is 1.23. The maximum Gasteiger partial charge on any atom is 0.309 e. The number of esters is 1. The van der Waals surface area contributed by atoms with Crippen molar-refractivity contribution in [1.82, 2.24) is 5.32 Å². The summed E-state index contributed by atoms with van der Waals surface area (Å²) in [5.74, 6) is 0.0953. The molecule has 1 saturated heterocycles. The van der Waals surface area contributed by atoms with Gasteiger partial charge < -0.3 is 10.1 Å². The lowest BCUT2D eigenvalue weighted by Gasteiger charge is -2.21. The zero-order chi connectivity index (χ0) is 11.2. The normalized spacial score (nSPS) is 21.6. The molecule has 0 aromatic carbocycles. The largest absolute Gasteiger partial charge is 0.461 e. The molecule has 1 aliphatic heterocycles. The third-order valence-electron chi connectivity index (χ3n) is 3.17. The van der Waals surface area contributed by atoms with Crippen molar-refractivity contribution in [1.29, 1.82) is 0 Å². The van der Waals surface area contributed by atoms with E-state index in [0.717, 1.165) is 38.8 Å². The average molecular weight is 223 g/mol. The van der Waals surface area contributed by atoms with Gasteiger partial charge in [-0.25, -0.2) is 0 Å². The fourth-order valence-electron chi connectivity index (χ4n) is 2.11. The maximum absolute atomic E-state index is 11.7. The Kier molecular flexibility index (Phi) is 4.17. The summed E-state index contributed by atoms with van der Waals surface area (Å²) in [7, 11) is 0. The molecule has 90 valence electrons. The fourth-order valence-corrected chi connectivity index (χ4v) is 2.11. The van der Waals surface area contributed by atoms with Gasteiger partial charge in [0.25, 0.3) is 0 Å². The maximum atomic E-state index is 11.7. The van der Waals surface area contributed by atoms with E-state index in [1.54, 1.807) is 0 Å². The average Bonchev–Trinajstić information content (AvgIpc) is 2.38. The number of carbonyl (C=O) groups excluding carboxylic acids is 1. The number of rotatable bonds is 3. The van der Waals surface area contributed by atoms with Crippen LogP contribution in [-0.4, -0.2) is 25.7 Å². The van der Waals surface area contributed by atoms with Gasteiger partial charge >= 0.3 is 5.97 Å². The first-order valence-corrected chi connectivity index (χ1v) is 6.08. The summed E-state index contributed by atoms with van der Waals surface area (Å²) >= 11 is 0. The van der Waals surface area contributed by atoms with E-state index in [4.69, 9.17) is 4.74 Å². The lowest BCUT2D eigenvalue weighted by Crippen LogP contribution is -2.33. The first-order valence-electron chi connectivity index (χ1n) is 6.08. The minimum absolute atomic E-state index is 0. The molecule has 2 aliphatic rings. The van der Waals surface area contributed by atoms with E-state index in [1.807, 2.05) is 6.08 Å². The minimum atomic E-state index is -0.0167. The van der Waals surface area contributed by atoms with Crippen molar-refractivity contribution in [2.45, 2.75) is 25.7 Å². The molecular weight excluding hydrogens is 202 g/mol. The van der Waals surface area contributed by atoms with E-state index < -0.39 is 0 Å². The number of carbonyl (C=O) groups is 1. The Morgan fingerprint density at radius 3 is 3.00 bits per heavy atom. The summed E-state index contributed by atoms with van der Waals surface area (Å²) in [6, 6.07) is 0. The van der Waals surface area contributed by atoms with Gasteiger partial charge in [-0.2, -0.15) is 0 Å². The van der Waals surface area contributed by atoms with Gasteiger partial charge in [0, 0.05) is 1.43 Å². The minimum Gasteiger partial charge on any atom is -0.461 e. The molecule has 3 heteroatoms. The van der Waals surface area contributed by atoms with Gasteiger partial charge in [0.15, 0.2) is 0 Å². The number of piperidine rings is 1. The van der Waals surface area contributed by atoms with E-state index in [1.165, 1.54) is 5.57 Å². The zero-order valence-corrected chi connectivity index (χ0v) is 9.58. The molecule has 1 heterocycles. The van der Waals surface area contributed by atoms with Crippen LogP contribution in [0.1, 0.15) is 27.1 Å². The van der Waals surface area contributed by atoms with Crippen molar-refractivity contribution < 1.29 is 11.0 Å². The molecule has 1 aliphatic carbocycles. The number of ether oxygens (including phenoxy) is 1. The number of nitrogens with one attached hydrogen (secondary N) is 1. The highest BCUT2D eigenvalue weighted by Crippen LogP contribution is 2.16. The van der Waals surface area contributed by atoms with Crippen molar-refractivity contribution >= 4 is 5.97 Å². The molecular formula is C13H21NO2. The first-order chi connectivity index (χ1) is 7.86. The van der Waals surface area contributed by atoms with Gasteiger partial charge in [-0.3, -0.25) is 4.79 Å². The van der Waals surface area contributed by atoms with Crippen LogP contribution in [0.3, 0.4) is 0 Å². The van der Waals surface area contributed by atoms with E-state index in [2.05, 4.69) is 17.5 Å². The highest BCUT2D eigenvalue weighted by molar-refractivity contribution is 5.72. The molecule has 0 spiro atoms. The molecule has 2 rings (SSSR count). The van der Waals surface area contributed by atoms with E-state index in [0.29, 0.717) is 6.61 Å². The molecule has 0 radical (unpaired) electrons. The molecule has 1 N–H and O–H groups in total. The Bertz CT molecular complexity index is 307. The Labute approximate surface area is 98.0 Å². The quantitative estimate of drug-likeness (QED) is 0.744. The summed E-state index contributed by atoms with van der Waals surface area (Å²) < 4.78 is 5.35.